The van der Waals surface area contributed by atoms with E-state index in [1.54, 1.807) is 11.1 Å². The normalized spacial score (nSPS) is 45.1. The van der Waals surface area contributed by atoms with Gasteiger partial charge in [0.15, 0.2) is 0 Å². The van der Waals surface area contributed by atoms with Gasteiger partial charge in [-0.15, -0.1) is 5.92 Å². The van der Waals surface area contributed by atoms with Crippen molar-refractivity contribution < 1.29 is 25.2 Å². The summed E-state index contributed by atoms with van der Waals surface area (Å²) in [6.07, 6.45) is 51.5. The zero-order chi connectivity index (χ0) is 64.1. The van der Waals surface area contributed by atoms with E-state index in [0.29, 0.717) is 49.5 Å². The van der Waals surface area contributed by atoms with Crippen LogP contribution < -0.4 is 21.1 Å². The maximum atomic E-state index is 15.5. The first-order valence-corrected chi connectivity index (χ1v) is 38.8. The fraction of sp³-hybridized carbons (Fsp3) is 0.562. The average molecular weight is 1280 g/mol. The number of benzene rings is 3. The van der Waals surface area contributed by atoms with Crippen molar-refractivity contribution in [1.82, 2.24) is 10.6 Å². The van der Waals surface area contributed by atoms with Crippen molar-refractivity contribution in [3.63, 3.8) is 0 Å². The van der Waals surface area contributed by atoms with Gasteiger partial charge < -0.3 is 31.1 Å². The third kappa shape index (κ3) is 7.74. The lowest BCUT2D eigenvalue weighted by atomic mass is 9.29. The predicted octanol–water partition coefficient (Wildman–Crippen LogP) is 16.2. The van der Waals surface area contributed by atoms with Crippen molar-refractivity contribution in [2.24, 2.45) is 103 Å². The van der Waals surface area contributed by atoms with Crippen LogP contribution in [0.4, 0.5) is 0 Å². The Morgan fingerprint density at radius 2 is 1.62 bits per heavy atom. The second-order valence-corrected chi connectivity index (χ2v) is 35.0. The smallest absolute Gasteiger partial charge is 0.307 e. The molecule has 15 aliphatic carbocycles. The number of aliphatic carboxylic acids is 1. The summed E-state index contributed by atoms with van der Waals surface area (Å²) in [5, 5.41) is 63.0. The molecule has 4 aliphatic heterocycles. The van der Waals surface area contributed by atoms with Gasteiger partial charge in [-0.25, -0.2) is 0 Å². The summed E-state index contributed by atoms with van der Waals surface area (Å²) in [4.78, 5) is 15.5. The van der Waals surface area contributed by atoms with Crippen LogP contribution in [0.1, 0.15) is 201 Å². The minimum Gasteiger partial charge on any atom is -0.516 e. The Bertz CT molecular complexity index is 4260. The van der Waals surface area contributed by atoms with Crippen LogP contribution in [0.2, 0.25) is 0 Å². The first-order valence-electron chi connectivity index (χ1n) is 38.8. The number of hydrogen-bond donors (Lipinski definition) is 6. The highest BCUT2D eigenvalue weighted by molar-refractivity contribution is 5.84. The van der Waals surface area contributed by atoms with Crippen LogP contribution in [0.5, 0.6) is 0 Å². The molecule has 1 unspecified atom stereocenters. The first kappa shape index (κ1) is 59.7. The number of fused-ring (bicyclic) bond motifs is 6. The molecule has 3 spiro atoms. The maximum Gasteiger partial charge on any atom is 0.307 e. The summed E-state index contributed by atoms with van der Waals surface area (Å²) in [7, 11) is 0. The van der Waals surface area contributed by atoms with Crippen molar-refractivity contribution in [1.29, 1.82) is 0 Å². The molecule has 496 valence electrons. The minimum atomic E-state index is -1.02. The quantitative estimate of drug-likeness (QED) is 0.0877. The Morgan fingerprint density at radius 1 is 0.750 bits per heavy atom. The molecule has 0 amide bonds. The highest BCUT2D eigenvalue weighted by Crippen LogP contribution is 2.90. The lowest BCUT2D eigenvalue weighted by Gasteiger charge is -2.74. The van der Waals surface area contributed by atoms with E-state index in [1.807, 2.05) is 0 Å². The van der Waals surface area contributed by atoms with E-state index in [-0.39, 0.29) is 58.2 Å². The van der Waals surface area contributed by atoms with Crippen LogP contribution in [0.3, 0.4) is 0 Å². The predicted molar refractivity (Wildman–Crippen MR) is 380 cm³/mol. The number of carbonyl (C=O) groups is 1. The molecule has 7 fully saturated rings. The molecule has 0 radical (unpaired) electrons. The number of carboxylic acids is 1. The number of nitrogens with one attached hydrogen (secondary N) is 2. The van der Waals surface area contributed by atoms with Gasteiger partial charge in [0.05, 0.1) is 30.2 Å². The molecule has 19 aliphatic rings. The van der Waals surface area contributed by atoms with E-state index in [9.17, 15) is 20.4 Å². The number of rotatable bonds is 3. The molecule has 21 atom stereocenters. The van der Waals surface area contributed by atoms with Crippen LogP contribution in [0.15, 0.2) is 156 Å². The van der Waals surface area contributed by atoms with Crippen molar-refractivity contribution in [2.75, 3.05) is 13.1 Å². The minimum absolute atomic E-state index is 0.0292. The number of aliphatic hydroxyl groups is 3. The zero-order valence-electron chi connectivity index (χ0n) is 56.4. The Labute approximate surface area is 569 Å². The summed E-state index contributed by atoms with van der Waals surface area (Å²) >= 11 is 0. The average Bonchev–Trinajstić information content (AvgIpc) is 1.22. The molecular weight excluding hydrogens is 1180 g/mol. The molecule has 7 nitrogen and oxygen atoms in total. The summed E-state index contributed by atoms with van der Waals surface area (Å²) in [5.74, 6) is 10.7. The van der Waals surface area contributed by atoms with Crippen molar-refractivity contribution >= 4 is 29.3 Å². The molecule has 3 aromatic rings. The van der Waals surface area contributed by atoms with E-state index in [1.165, 1.54) is 113 Å². The van der Waals surface area contributed by atoms with Gasteiger partial charge in [0.25, 0.3) is 0 Å². The molecule has 96 heavy (non-hydrogen) atoms. The lowest BCUT2D eigenvalue weighted by Crippen LogP contribution is -2.69. The van der Waals surface area contributed by atoms with E-state index in [2.05, 4.69) is 156 Å². The highest BCUT2D eigenvalue weighted by atomic mass is 16.4. The summed E-state index contributed by atoms with van der Waals surface area (Å²) < 4.78 is 0. The van der Waals surface area contributed by atoms with E-state index in [0.717, 1.165) is 108 Å². The molecule has 7 heteroatoms. The zero-order valence-corrected chi connectivity index (χ0v) is 56.4. The van der Waals surface area contributed by atoms with E-state index < -0.39 is 51.2 Å². The molecular formula is C89H100N2O5. The number of dihydropyridines is 1. The van der Waals surface area contributed by atoms with E-state index in [4.69, 9.17) is 0 Å². The third-order valence-electron chi connectivity index (χ3n) is 32.2. The summed E-state index contributed by atoms with van der Waals surface area (Å²) in [5.41, 5.74) is 10.8. The molecule has 6 N–H and O–H groups in total. The topological polar surface area (TPSA) is 122 Å². The Hall–Kier alpha value is -6.33. The van der Waals surface area contributed by atoms with Gasteiger partial charge in [0, 0.05) is 64.3 Å². The van der Waals surface area contributed by atoms with Gasteiger partial charge >= 0.3 is 5.97 Å². The highest BCUT2D eigenvalue weighted by Gasteiger charge is 2.85. The van der Waals surface area contributed by atoms with Crippen molar-refractivity contribution in [2.45, 2.75) is 191 Å². The summed E-state index contributed by atoms with van der Waals surface area (Å²) in [6, 6.07) is 28.1. The largest absolute Gasteiger partial charge is 0.516 e. The van der Waals surface area contributed by atoms with E-state index >= 15 is 4.79 Å². The molecule has 3 aromatic carbocycles. The van der Waals surface area contributed by atoms with Crippen LogP contribution >= 0.6 is 0 Å². The van der Waals surface area contributed by atoms with Crippen LogP contribution in [0.25, 0.3) is 23.3 Å². The van der Waals surface area contributed by atoms with Gasteiger partial charge in [-0.2, -0.15) is 0 Å². The lowest BCUT2D eigenvalue weighted by molar-refractivity contribution is -0.179. The Morgan fingerprint density at radius 3 is 2.49 bits per heavy atom. The maximum absolute atomic E-state index is 15.5. The molecule has 18 bridgehead atoms. The first-order chi connectivity index (χ1) is 47.0. The van der Waals surface area contributed by atoms with Crippen molar-refractivity contribution in [3.8, 4) is 11.8 Å². The molecule has 0 aromatic heterocycles. The molecule has 0 saturated heterocycles. The fourth-order valence-corrected chi connectivity index (χ4v) is 29.4. The fourth-order valence-electron chi connectivity index (χ4n) is 29.4. The van der Waals surface area contributed by atoms with Crippen molar-refractivity contribution in [3.05, 3.63) is 188 Å². The third-order valence-corrected chi connectivity index (χ3v) is 32.2. The molecule has 4 heterocycles. The number of allylic oxidation sites excluding steroid dienone is 11. The monoisotopic (exact) mass is 1280 g/mol. The van der Waals surface area contributed by atoms with Crippen LogP contribution in [0, 0.1) is 115 Å². The summed E-state index contributed by atoms with van der Waals surface area (Å²) in [6.45, 7) is 1.51. The van der Waals surface area contributed by atoms with Gasteiger partial charge in [-0.05, 0) is 260 Å². The Kier molecular flexibility index (Phi) is 13.4. The molecule has 22 rings (SSSR count). The number of hydrogen-bond acceptors (Lipinski definition) is 6. The van der Waals surface area contributed by atoms with Gasteiger partial charge in [0.1, 0.15) is 0 Å². The molecule has 7 saturated carbocycles. The van der Waals surface area contributed by atoms with Gasteiger partial charge in [-0.3, -0.25) is 4.79 Å². The standard InChI is InChI=1S/C89H100N2O5/c92-53-63-28-30-73(81(95)96)88-43-34-69-71(32-40-83(69)48-61-27-26-58(45-64(61)49-83)54-13-3-1-4-14-54)89-72(80(88)94)21-10-39-86(88,89)41-33-70-75(89)51-84-36-12-38-85-37-9-18-57-24-22-56-23-25-59(62-29-31-77(91-52-62)90-44-11-20-65(63)55-15-5-2-6-16-55)46-67(56)78(57)79-66-19-8-7-17-60(66)47-74(68(79)50-84)87(70,82(84)85)42-35-76(85)93/h1,3-4,7-8,12-14,17,19,22-25,29,31,34,36,43,46-47,50,53,55,57-58,61,64-65,69,71-74,76,78,80,82,90-94H,2,5-6,10-11,15-16,20-21,26-28,30,32-33,35,37-42,44-45,48-49,51-52H2,(H,95,96)/b63-53+/t57-,58+,61-,64-,65+,69-,71-,72-,73+,74-,76+,78-,80-,82?,83-,84-,85-,86-,87-,88+,89+/m1/s1. The van der Waals surface area contributed by atoms with Gasteiger partial charge in [0.2, 0.25) is 0 Å². The van der Waals surface area contributed by atoms with Gasteiger partial charge in [-0.1, -0.05) is 170 Å². The van der Waals surface area contributed by atoms with Crippen LogP contribution in [-0.2, 0) is 4.79 Å². The second-order valence-electron chi connectivity index (χ2n) is 35.0. The second kappa shape index (κ2) is 21.6. The number of aliphatic hydroxyl groups excluding tert-OH is 3. The van der Waals surface area contributed by atoms with Crippen LogP contribution in [-0.4, -0.2) is 51.7 Å². The SMILES string of the molecule is O=C(O)[C@@H]1CC/C(=C\O)[C@H](C2CCCCC2)CCCNC2=CC=C(CN2)c2ccc3c(c2)[C@@H]2C4=c5ccccc5=C[C@@H]5C4=C[C@@]46C=CC[C@@]7(CC#C[C@@H]2C=C3)C4[C@]5(CC[C@@H]7O)C2=C(C6)[C@]34[C@@H]5CC[C@]6(C[C@H]7CC[C@H](c8ccccc8)C[C@@H]7C6)[C@@H]5C=C[C@@]15[C@H](O)[C@H]3CCC[C@@]54CC2. The Balaban J connectivity index is 0.835. The number of carboxylic acid groups (broad SMARTS) is 1.